The van der Waals surface area contributed by atoms with Crippen LogP contribution in [0.1, 0.15) is 19.8 Å². The number of rotatable bonds is 5. The lowest BCUT2D eigenvalue weighted by molar-refractivity contribution is -0.138. The first kappa shape index (κ1) is 18.2. The molecule has 1 spiro atoms. The highest BCUT2D eigenvalue weighted by atomic mass is 35.5. The molecule has 2 unspecified atom stereocenters. The number of sulfonamides is 1. The molecule has 1 aliphatic carbocycles. The fraction of sp³-hybridized carbons (Fsp3) is 0.438. The average molecular weight is 390 g/mol. The molecule has 9 heteroatoms. The summed E-state index contributed by atoms with van der Waals surface area (Å²) < 4.78 is 51.4. The second kappa shape index (κ2) is 6.59. The molecule has 1 aromatic rings. The van der Waals surface area contributed by atoms with Crippen molar-refractivity contribution in [2.75, 3.05) is 17.9 Å². The van der Waals surface area contributed by atoms with Crippen LogP contribution in [0.25, 0.3) is 0 Å². The quantitative estimate of drug-likeness (QED) is 0.618. The van der Waals surface area contributed by atoms with Gasteiger partial charge in [-0.05, 0) is 44.0 Å². The summed E-state index contributed by atoms with van der Waals surface area (Å²) in [6.45, 7) is 2.23. The van der Waals surface area contributed by atoms with E-state index < -0.39 is 32.7 Å². The molecule has 0 saturated carbocycles. The van der Waals surface area contributed by atoms with Gasteiger partial charge in [-0.25, -0.2) is 17.6 Å². The molecule has 1 saturated heterocycles. The summed E-state index contributed by atoms with van der Waals surface area (Å²) in [5, 5.41) is -1.16. The van der Waals surface area contributed by atoms with E-state index in [1.807, 2.05) is 0 Å². The highest BCUT2D eigenvalue weighted by Gasteiger charge is 2.50. The van der Waals surface area contributed by atoms with Gasteiger partial charge < -0.3 is 9.47 Å². The zero-order valence-corrected chi connectivity index (χ0v) is 15.0. The Morgan fingerprint density at radius 1 is 1.52 bits per heavy atom. The van der Waals surface area contributed by atoms with Gasteiger partial charge in [0.1, 0.15) is 16.7 Å². The summed E-state index contributed by atoms with van der Waals surface area (Å²) in [5.74, 6) is -1.26. The van der Waals surface area contributed by atoms with Crippen molar-refractivity contribution >= 4 is 33.3 Å². The van der Waals surface area contributed by atoms with Gasteiger partial charge in [-0.1, -0.05) is 11.6 Å². The van der Waals surface area contributed by atoms with Crippen LogP contribution in [0, 0.1) is 5.82 Å². The van der Waals surface area contributed by atoms with Crippen molar-refractivity contribution in [2.24, 2.45) is 0 Å². The number of hydrogen-bond acceptors (Lipinski definition) is 5. The smallest absolute Gasteiger partial charge is 0.335 e. The lowest BCUT2D eigenvalue weighted by Crippen LogP contribution is -2.38. The molecule has 1 heterocycles. The summed E-state index contributed by atoms with van der Waals surface area (Å²) in [6.07, 6.45) is 2.24. The Hall–Kier alpha value is -1.64. The van der Waals surface area contributed by atoms with Crippen LogP contribution in [0.3, 0.4) is 0 Å². The minimum Gasteiger partial charge on any atom is -0.463 e. The molecule has 2 atom stereocenters. The van der Waals surface area contributed by atoms with Crippen molar-refractivity contribution in [1.29, 1.82) is 0 Å². The number of carbonyl (C=O) groups excluding carboxylic acids is 1. The Labute approximate surface area is 150 Å². The van der Waals surface area contributed by atoms with E-state index in [-0.39, 0.29) is 29.3 Å². The van der Waals surface area contributed by atoms with Gasteiger partial charge >= 0.3 is 5.97 Å². The van der Waals surface area contributed by atoms with E-state index in [4.69, 9.17) is 21.1 Å². The maximum Gasteiger partial charge on any atom is 0.335 e. The second-order valence-electron chi connectivity index (χ2n) is 5.97. The number of hydrogen-bond donors (Lipinski definition) is 1. The summed E-state index contributed by atoms with van der Waals surface area (Å²) in [7, 11) is -3.99. The first-order valence-corrected chi connectivity index (χ1v) is 9.69. The van der Waals surface area contributed by atoms with E-state index in [0.717, 1.165) is 12.1 Å². The van der Waals surface area contributed by atoms with Crippen LogP contribution in [0.2, 0.25) is 5.02 Å². The van der Waals surface area contributed by atoms with Crippen LogP contribution in [-0.2, 0) is 24.3 Å². The SMILES string of the molecule is CCOC(=O)C1=CC2(CCC1S(=O)(=O)Nc1ccc(F)cc1Cl)CO2. The minimum atomic E-state index is -3.99. The normalized spacial score (nSPS) is 25.4. The largest absolute Gasteiger partial charge is 0.463 e. The lowest BCUT2D eigenvalue weighted by Gasteiger charge is -2.26. The Morgan fingerprint density at radius 3 is 2.84 bits per heavy atom. The van der Waals surface area contributed by atoms with Crippen molar-refractivity contribution in [3.63, 3.8) is 0 Å². The van der Waals surface area contributed by atoms with Gasteiger partial charge in [0.25, 0.3) is 0 Å². The predicted molar refractivity (Wildman–Crippen MR) is 90.4 cm³/mol. The molecule has 136 valence electrons. The third-order valence-electron chi connectivity index (χ3n) is 4.18. The molecule has 0 amide bonds. The summed E-state index contributed by atoms with van der Waals surface area (Å²) in [4.78, 5) is 12.2. The highest BCUT2D eigenvalue weighted by Crippen LogP contribution is 2.42. The van der Waals surface area contributed by atoms with Crippen LogP contribution in [-0.4, -0.2) is 38.5 Å². The summed E-state index contributed by atoms with van der Waals surface area (Å²) in [5.41, 5.74) is -0.452. The number of epoxide rings is 1. The number of halogens is 2. The van der Waals surface area contributed by atoms with Crippen LogP contribution in [0.5, 0.6) is 0 Å². The van der Waals surface area contributed by atoms with Gasteiger partial charge in [0.15, 0.2) is 0 Å². The van der Waals surface area contributed by atoms with Crippen molar-refractivity contribution < 1.29 is 27.1 Å². The van der Waals surface area contributed by atoms with Crippen molar-refractivity contribution in [2.45, 2.75) is 30.6 Å². The highest BCUT2D eigenvalue weighted by molar-refractivity contribution is 7.93. The van der Waals surface area contributed by atoms with Gasteiger partial charge in [0, 0.05) is 0 Å². The standard InChI is InChI=1S/C16H17ClFNO5S/c1-2-23-15(20)11-8-16(9-24-16)6-5-14(11)25(21,22)19-13-4-3-10(18)7-12(13)17/h3-4,7-8,14,19H,2,5-6,9H2,1H3. The van der Waals surface area contributed by atoms with Gasteiger partial charge in [-0.2, -0.15) is 0 Å². The number of ether oxygens (including phenoxy) is 2. The molecule has 0 radical (unpaired) electrons. The molecule has 2 aliphatic rings. The average Bonchev–Trinajstić information content (AvgIpc) is 3.29. The first-order valence-electron chi connectivity index (χ1n) is 7.77. The summed E-state index contributed by atoms with van der Waals surface area (Å²) in [6, 6.07) is 3.34. The monoisotopic (exact) mass is 389 g/mol. The molecular weight excluding hydrogens is 373 g/mol. The number of carbonyl (C=O) groups is 1. The van der Waals surface area contributed by atoms with E-state index in [2.05, 4.69) is 4.72 Å². The molecule has 0 aromatic heterocycles. The maximum atomic E-state index is 13.1. The predicted octanol–water partition coefficient (Wildman–Crippen LogP) is 2.64. The van der Waals surface area contributed by atoms with Gasteiger partial charge in [-0.15, -0.1) is 0 Å². The van der Waals surface area contributed by atoms with Crippen LogP contribution >= 0.6 is 11.6 Å². The van der Waals surface area contributed by atoms with Crippen LogP contribution in [0.15, 0.2) is 29.8 Å². The molecule has 6 nitrogen and oxygen atoms in total. The molecule has 1 N–H and O–H groups in total. The van der Waals surface area contributed by atoms with Crippen molar-refractivity contribution in [1.82, 2.24) is 0 Å². The Kier molecular flexibility index (Phi) is 4.78. The fourth-order valence-corrected chi connectivity index (χ4v) is 4.65. The van der Waals surface area contributed by atoms with E-state index >= 15 is 0 Å². The Bertz CT molecular complexity index is 835. The third-order valence-corrected chi connectivity index (χ3v) is 6.24. The number of benzene rings is 1. The fourth-order valence-electron chi connectivity index (χ4n) is 2.82. The maximum absolute atomic E-state index is 13.1. The Morgan fingerprint density at radius 2 is 2.24 bits per heavy atom. The van der Waals surface area contributed by atoms with Gasteiger partial charge in [0.2, 0.25) is 10.0 Å². The molecule has 25 heavy (non-hydrogen) atoms. The minimum absolute atomic E-state index is 0.0502. The second-order valence-corrected chi connectivity index (χ2v) is 8.24. The molecule has 1 fully saturated rings. The number of anilines is 1. The molecule has 3 rings (SSSR count). The van der Waals surface area contributed by atoms with E-state index in [1.165, 1.54) is 6.07 Å². The molecular formula is C16H17ClFNO5S. The van der Waals surface area contributed by atoms with Crippen LogP contribution in [0.4, 0.5) is 10.1 Å². The van der Waals surface area contributed by atoms with Crippen molar-refractivity contribution in [3.8, 4) is 0 Å². The van der Waals surface area contributed by atoms with E-state index in [1.54, 1.807) is 13.0 Å². The van der Waals surface area contributed by atoms with Gasteiger partial charge in [0.05, 0.1) is 29.5 Å². The Balaban J connectivity index is 1.90. The zero-order chi connectivity index (χ0) is 18.2. The first-order chi connectivity index (χ1) is 11.8. The summed E-state index contributed by atoms with van der Waals surface area (Å²) >= 11 is 5.89. The van der Waals surface area contributed by atoms with Crippen molar-refractivity contribution in [3.05, 3.63) is 40.7 Å². The van der Waals surface area contributed by atoms with E-state index in [9.17, 15) is 17.6 Å². The molecule has 1 aliphatic heterocycles. The molecule has 1 aromatic carbocycles. The lowest BCUT2D eigenvalue weighted by atomic mass is 9.90. The van der Waals surface area contributed by atoms with E-state index in [0.29, 0.717) is 13.0 Å². The number of nitrogens with one attached hydrogen (secondary N) is 1. The topological polar surface area (TPSA) is 85.0 Å². The zero-order valence-electron chi connectivity index (χ0n) is 13.4. The number of esters is 1. The van der Waals surface area contributed by atoms with Crippen LogP contribution < -0.4 is 4.72 Å². The van der Waals surface area contributed by atoms with Gasteiger partial charge in [-0.3, -0.25) is 4.72 Å². The molecule has 0 bridgehead atoms. The third kappa shape index (κ3) is 3.80.